The summed E-state index contributed by atoms with van der Waals surface area (Å²) >= 11 is 7.44. The Morgan fingerprint density at radius 2 is 0.835 bits per heavy atom. The summed E-state index contributed by atoms with van der Waals surface area (Å²) in [4.78, 5) is 106. The van der Waals surface area contributed by atoms with E-state index in [4.69, 9.17) is 27.8 Å². The molecule has 0 spiro atoms. The number of halogens is 1. The third-order valence-electron chi connectivity index (χ3n) is 16.5. The zero-order valence-electron chi connectivity index (χ0n) is 65.5. The summed E-state index contributed by atoms with van der Waals surface area (Å²) < 4.78 is 21.2. The van der Waals surface area contributed by atoms with Crippen molar-refractivity contribution in [3.8, 4) is 5.88 Å². The standard InChI is InChI=1S/C10H14N4O.C9H13N5.C9H12N4O.C9H12N4S.2C9H12N4.C8H9ClN4.C8H11N5/c1-6(2)14-5-11-8-9(14)12-7(3)13-10(8)15-4;1-6(2)14-5-13-7-8(10-3)11-4-12-9(7)14;1-5(2)13-4-10-7-8(13)11-6(3)12-9(7)14;1-6(2)13-5-12-7-8(13)10-4-11-9(7)14-3;1-6(2)13-5-11-8-4-10-7(3)12-9(8)13;1-6(2)13-4-3-7-8(10)11-5-12-9(7)13;2*1-5(2)13-4-12-6-7(9)10-3-11-8(6)13/h5-6H,1-4H3;4-6H,1-3H3,(H,10,11,12);4-5H,1-3H3,(H,11,12,14);4-6H,1-3H3;4-6H,1-3H3;3-6H,1-2H3,(H2,10,11,12);3-5H,1-2H3;3-5H,1-2H3,(H2,9,10,11). The van der Waals surface area contributed by atoms with Gasteiger partial charge in [0.2, 0.25) is 5.88 Å². The minimum atomic E-state index is -0.174. The number of imidazole rings is 7. The number of thioether (sulfide) groups is 1. The van der Waals surface area contributed by atoms with E-state index in [1.165, 1.54) is 19.0 Å². The molecule has 0 atom stereocenters. The molecule has 16 heterocycles. The lowest BCUT2D eigenvalue weighted by Crippen LogP contribution is -2.11. The maximum Gasteiger partial charge on any atom is 0.279 e. The smallest absolute Gasteiger partial charge is 0.279 e. The molecule has 16 aromatic rings. The van der Waals surface area contributed by atoms with Gasteiger partial charge in [0, 0.05) is 61.6 Å². The van der Waals surface area contributed by atoms with E-state index >= 15 is 0 Å². The van der Waals surface area contributed by atoms with Gasteiger partial charge >= 0.3 is 0 Å². The van der Waals surface area contributed by atoms with Gasteiger partial charge in [-0.1, -0.05) is 11.6 Å². The van der Waals surface area contributed by atoms with Crippen molar-refractivity contribution < 1.29 is 4.74 Å². The van der Waals surface area contributed by atoms with Gasteiger partial charge in [0.1, 0.15) is 93.2 Å². The number of rotatable bonds is 11. The fourth-order valence-electron chi connectivity index (χ4n) is 10.8. The maximum absolute atomic E-state index is 11.5. The lowest BCUT2D eigenvalue weighted by Gasteiger charge is -2.07. The SMILES string of the molecule is CC(C)n1ccc2c(N)ncnc21.CC(C)n1cnc2c(Cl)ncnc21.CC(C)n1cnc2c(N)ncnc21.CNc1ncnc2c1ncn2C(C)C.COc1nc(C)nc2c1ncn2C(C)C.CSc1ncnc2c1ncn2C(C)C.Cc1nc2c(ncn2C(C)C)c(=O)[nH]1.Cc1ncc2ncn(C(C)C)c2n1. The second kappa shape index (κ2) is 36.1. The van der Waals surface area contributed by atoms with E-state index in [0.29, 0.717) is 98.8 Å². The highest BCUT2D eigenvalue weighted by Gasteiger charge is 2.18. The van der Waals surface area contributed by atoms with Crippen LogP contribution in [0.25, 0.3) is 89.2 Å². The minimum Gasteiger partial charge on any atom is -0.479 e. The zero-order chi connectivity index (χ0) is 79.2. The summed E-state index contributed by atoms with van der Waals surface area (Å²) in [5.41, 5.74) is 22.9. The van der Waals surface area contributed by atoms with E-state index in [1.54, 1.807) is 76.3 Å². The lowest BCUT2D eigenvalue weighted by atomic mass is 10.4. The Balaban J connectivity index is 0.000000144. The molecule has 0 amide bonds. The Labute approximate surface area is 638 Å². The van der Waals surface area contributed by atoms with Gasteiger partial charge in [0.25, 0.3) is 5.56 Å². The van der Waals surface area contributed by atoms with E-state index < -0.39 is 0 Å². The number of fused-ring (bicyclic) bond motifs is 8. The Hall–Kier alpha value is -11.9. The quantitative estimate of drug-likeness (QED) is 0.0690. The van der Waals surface area contributed by atoms with Gasteiger partial charge in [-0.05, 0) is 144 Å². The zero-order valence-corrected chi connectivity index (χ0v) is 67.0. The molecular weight excluding hydrogens is 1430 g/mol. The molecule has 6 N–H and O–H groups in total. The largest absolute Gasteiger partial charge is 0.479 e. The highest BCUT2D eigenvalue weighted by molar-refractivity contribution is 7.98. The lowest BCUT2D eigenvalue weighted by molar-refractivity contribution is 0.400. The first kappa shape index (κ1) is 81.2. The fraction of sp³-hybridized carbons (Fsp3) is 0.423. The van der Waals surface area contributed by atoms with Crippen LogP contribution in [0, 0.1) is 20.8 Å². The number of nitrogens with one attached hydrogen (secondary N) is 2. The predicted octanol–water partition coefficient (Wildman–Crippen LogP) is 12.7. The molecule has 0 saturated heterocycles. The number of hydrogen-bond donors (Lipinski definition) is 4. The number of aryl methyl sites for hydroxylation is 3. The van der Waals surface area contributed by atoms with E-state index in [0.717, 1.165) is 83.7 Å². The van der Waals surface area contributed by atoms with Crippen LogP contribution >= 0.6 is 23.4 Å². The number of methoxy groups -OCH3 is 1. The van der Waals surface area contributed by atoms with Gasteiger partial charge in [-0.3, -0.25) is 4.79 Å². The Kier molecular flexibility index (Phi) is 26.9. The molecular formula is C71H95ClN34O2S. The average Bonchev–Trinajstić information content (AvgIpc) is 1.70. The van der Waals surface area contributed by atoms with Crippen LogP contribution in [0.4, 0.5) is 17.5 Å². The molecule has 574 valence electrons. The average molecular weight is 1520 g/mol. The normalized spacial score (nSPS) is 11.3. The third-order valence-corrected chi connectivity index (χ3v) is 17.4. The number of nitrogens with two attached hydrogens (primary N) is 2. The minimum absolute atomic E-state index is 0.174. The second-order valence-corrected chi connectivity index (χ2v) is 28.1. The molecule has 0 aliphatic rings. The molecule has 109 heavy (non-hydrogen) atoms. The van der Waals surface area contributed by atoms with E-state index in [9.17, 15) is 4.79 Å². The molecule has 0 aliphatic heterocycles. The first-order valence-corrected chi connectivity index (χ1v) is 36.8. The molecule has 16 rings (SSSR count). The molecule has 36 nitrogen and oxygen atoms in total. The molecule has 16 aromatic heterocycles. The number of aromatic amines is 1. The van der Waals surface area contributed by atoms with Gasteiger partial charge in [-0.2, -0.15) is 4.98 Å². The van der Waals surface area contributed by atoms with Crippen LogP contribution in [0.3, 0.4) is 0 Å². The number of nitrogens with zero attached hydrogens (tertiary/aromatic N) is 30. The van der Waals surface area contributed by atoms with Gasteiger partial charge in [0.15, 0.2) is 67.4 Å². The van der Waals surface area contributed by atoms with Crippen molar-refractivity contribution in [2.75, 3.05) is 37.2 Å². The van der Waals surface area contributed by atoms with Crippen molar-refractivity contribution in [1.29, 1.82) is 0 Å². The van der Waals surface area contributed by atoms with Crippen LogP contribution in [0.15, 0.2) is 104 Å². The van der Waals surface area contributed by atoms with Crippen molar-refractivity contribution in [3.05, 3.63) is 127 Å². The number of nitrogen functional groups attached to an aromatic ring is 2. The van der Waals surface area contributed by atoms with Crippen LogP contribution in [0.2, 0.25) is 5.15 Å². The van der Waals surface area contributed by atoms with E-state index in [-0.39, 0.29) is 11.6 Å². The van der Waals surface area contributed by atoms with Crippen LogP contribution in [0.5, 0.6) is 5.88 Å². The number of H-pyrrole nitrogens is 1. The fourth-order valence-corrected chi connectivity index (χ4v) is 11.5. The number of aromatic nitrogens is 31. The van der Waals surface area contributed by atoms with Crippen molar-refractivity contribution in [2.24, 2.45) is 0 Å². The maximum atomic E-state index is 11.5. The third kappa shape index (κ3) is 18.7. The van der Waals surface area contributed by atoms with Gasteiger partial charge in [-0.15, -0.1) is 11.8 Å². The monoisotopic (exact) mass is 1520 g/mol. The van der Waals surface area contributed by atoms with Crippen LogP contribution in [-0.4, -0.2) is 172 Å². The molecule has 0 unspecified atom stereocenters. The molecule has 0 bridgehead atoms. The molecule has 0 aromatic carbocycles. The van der Waals surface area contributed by atoms with Gasteiger partial charge < -0.3 is 63.0 Å². The molecule has 0 aliphatic carbocycles. The summed E-state index contributed by atoms with van der Waals surface area (Å²) in [5, 5.41) is 5.27. The Morgan fingerprint density at radius 3 is 1.38 bits per heavy atom. The van der Waals surface area contributed by atoms with Crippen molar-refractivity contribution in [2.45, 2.75) is 185 Å². The molecule has 0 radical (unpaired) electrons. The molecule has 0 fully saturated rings. The number of ether oxygens (including phenoxy) is 1. The van der Waals surface area contributed by atoms with Crippen molar-refractivity contribution >= 4 is 130 Å². The first-order valence-electron chi connectivity index (χ1n) is 35.2. The number of anilines is 3. The van der Waals surface area contributed by atoms with Crippen molar-refractivity contribution in [3.63, 3.8) is 0 Å². The van der Waals surface area contributed by atoms with E-state index in [2.05, 4.69) is 226 Å². The van der Waals surface area contributed by atoms with Crippen LogP contribution < -0.4 is 27.1 Å². The Morgan fingerprint density at radius 1 is 0.422 bits per heavy atom. The highest BCUT2D eigenvalue weighted by atomic mass is 35.5. The summed E-state index contributed by atoms with van der Waals surface area (Å²) in [6.07, 6.45) is 25.6. The summed E-state index contributed by atoms with van der Waals surface area (Å²) in [6, 6.07) is 4.72. The van der Waals surface area contributed by atoms with Gasteiger partial charge in [-0.25, -0.2) is 105 Å². The van der Waals surface area contributed by atoms with Crippen molar-refractivity contribution in [1.82, 2.24) is 151 Å². The molecule has 38 heteroatoms. The number of hydrogen-bond acceptors (Lipinski definition) is 28. The van der Waals surface area contributed by atoms with Gasteiger partial charge in [0.05, 0.1) is 63.0 Å². The Bertz CT molecular complexity index is 5430. The van der Waals surface area contributed by atoms with Crippen LogP contribution in [-0.2, 0) is 0 Å². The summed E-state index contributed by atoms with van der Waals surface area (Å²) in [5.74, 6) is 4.39. The summed E-state index contributed by atoms with van der Waals surface area (Å²) in [7, 11) is 3.42. The topological polar surface area (TPSA) is 429 Å². The van der Waals surface area contributed by atoms with E-state index in [1.807, 2.05) is 93.3 Å². The highest BCUT2D eigenvalue weighted by Crippen LogP contribution is 2.27. The second-order valence-electron chi connectivity index (χ2n) is 26.9. The first-order chi connectivity index (χ1) is 52.0. The predicted molar refractivity (Wildman–Crippen MR) is 427 cm³/mol. The summed E-state index contributed by atoms with van der Waals surface area (Å²) in [6.45, 7) is 38.9. The molecule has 0 saturated carbocycles. The van der Waals surface area contributed by atoms with Crippen LogP contribution in [0.1, 0.15) is 177 Å².